The van der Waals surface area contributed by atoms with Crippen LogP contribution in [0.4, 0.5) is 11.4 Å². The van der Waals surface area contributed by atoms with Crippen molar-refractivity contribution in [3.8, 4) is 0 Å². The monoisotopic (exact) mass is 292 g/mol. The Hall–Kier alpha value is -2.12. The Bertz CT molecular complexity index is 702. The van der Waals surface area contributed by atoms with Crippen molar-refractivity contribution in [3.05, 3.63) is 48.3 Å². The minimum atomic E-state index is -3.79. The van der Waals surface area contributed by atoms with Gasteiger partial charge in [0.25, 0.3) is 0 Å². The zero-order valence-corrected chi connectivity index (χ0v) is 11.8. The van der Waals surface area contributed by atoms with Crippen LogP contribution in [0, 0.1) is 0 Å². The first-order valence-electron chi connectivity index (χ1n) is 5.91. The van der Waals surface area contributed by atoms with E-state index in [9.17, 15) is 8.42 Å². The topological polar surface area (TPSA) is 102 Å². The van der Waals surface area contributed by atoms with E-state index in [4.69, 9.17) is 10.9 Å². The second-order valence-electron chi connectivity index (χ2n) is 4.44. The van der Waals surface area contributed by atoms with Crippen molar-refractivity contribution in [2.75, 3.05) is 17.7 Å². The lowest BCUT2D eigenvalue weighted by Gasteiger charge is -2.19. The third-order valence-corrected chi connectivity index (χ3v) is 3.85. The number of hydrogen-bond acceptors (Lipinski definition) is 5. The van der Waals surface area contributed by atoms with Crippen molar-refractivity contribution in [2.24, 2.45) is 5.14 Å². The minimum Gasteiger partial charge on any atom is -0.398 e. The van der Waals surface area contributed by atoms with Gasteiger partial charge in [0, 0.05) is 18.9 Å². The summed E-state index contributed by atoms with van der Waals surface area (Å²) in [6.45, 7) is 0.592. The van der Waals surface area contributed by atoms with E-state index in [0.717, 1.165) is 11.4 Å². The Morgan fingerprint density at radius 1 is 1.25 bits per heavy atom. The molecular weight excluding hydrogens is 276 g/mol. The van der Waals surface area contributed by atoms with E-state index in [1.54, 1.807) is 18.3 Å². The van der Waals surface area contributed by atoms with Gasteiger partial charge in [-0.3, -0.25) is 4.98 Å². The Kier molecular flexibility index (Phi) is 3.91. The second-order valence-corrected chi connectivity index (χ2v) is 5.97. The van der Waals surface area contributed by atoms with Gasteiger partial charge in [-0.2, -0.15) is 0 Å². The van der Waals surface area contributed by atoms with Gasteiger partial charge >= 0.3 is 0 Å². The standard InChI is InChI=1S/C13H16N4O2S/c1-17(9-10-4-2-3-7-16-10)11-5-6-13(12(14)8-11)20(15,18)19/h2-8H,9,14H2,1H3,(H2,15,18,19). The van der Waals surface area contributed by atoms with E-state index < -0.39 is 10.0 Å². The number of sulfonamides is 1. The van der Waals surface area contributed by atoms with Gasteiger partial charge in [-0.15, -0.1) is 0 Å². The fourth-order valence-corrected chi connectivity index (χ4v) is 2.50. The summed E-state index contributed by atoms with van der Waals surface area (Å²) in [5.74, 6) is 0. The van der Waals surface area contributed by atoms with Crippen LogP contribution in [-0.2, 0) is 16.6 Å². The summed E-state index contributed by atoms with van der Waals surface area (Å²) < 4.78 is 22.6. The number of rotatable bonds is 4. The zero-order chi connectivity index (χ0) is 14.8. The largest absolute Gasteiger partial charge is 0.398 e. The molecule has 0 aliphatic carbocycles. The van der Waals surface area contributed by atoms with Crippen LogP contribution >= 0.6 is 0 Å². The van der Waals surface area contributed by atoms with Gasteiger partial charge in [-0.05, 0) is 30.3 Å². The molecule has 2 aromatic rings. The number of pyridine rings is 1. The van der Waals surface area contributed by atoms with Crippen LogP contribution < -0.4 is 15.8 Å². The lowest BCUT2D eigenvalue weighted by atomic mass is 10.2. The van der Waals surface area contributed by atoms with Crippen LogP contribution in [0.1, 0.15) is 5.69 Å². The molecule has 0 bridgehead atoms. The SMILES string of the molecule is CN(Cc1ccccn1)c1ccc(S(N)(=O)=O)c(N)c1. The lowest BCUT2D eigenvalue weighted by molar-refractivity contribution is 0.598. The first-order chi connectivity index (χ1) is 9.38. The Labute approximate surface area is 118 Å². The summed E-state index contributed by atoms with van der Waals surface area (Å²) >= 11 is 0. The molecule has 0 saturated carbocycles. The number of primary sulfonamides is 1. The van der Waals surface area contributed by atoms with E-state index in [0.29, 0.717) is 6.54 Å². The van der Waals surface area contributed by atoms with E-state index in [1.807, 2.05) is 30.1 Å². The van der Waals surface area contributed by atoms with Gasteiger partial charge in [0.2, 0.25) is 10.0 Å². The van der Waals surface area contributed by atoms with Crippen molar-refractivity contribution >= 4 is 21.4 Å². The van der Waals surface area contributed by atoms with Gasteiger partial charge in [-0.25, -0.2) is 13.6 Å². The van der Waals surface area contributed by atoms with Crippen LogP contribution in [0.25, 0.3) is 0 Å². The molecule has 1 aromatic carbocycles. The summed E-state index contributed by atoms with van der Waals surface area (Å²) in [6, 6.07) is 10.3. The first kappa shape index (κ1) is 14.3. The molecule has 0 radical (unpaired) electrons. The number of aromatic nitrogens is 1. The molecule has 1 heterocycles. The number of nitrogens with zero attached hydrogens (tertiary/aromatic N) is 2. The lowest BCUT2D eigenvalue weighted by Crippen LogP contribution is -2.19. The Morgan fingerprint density at radius 2 is 2.00 bits per heavy atom. The van der Waals surface area contributed by atoms with E-state index in [2.05, 4.69) is 4.98 Å². The molecule has 0 aliphatic heterocycles. The van der Waals surface area contributed by atoms with Crippen molar-refractivity contribution < 1.29 is 8.42 Å². The maximum atomic E-state index is 11.3. The molecule has 20 heavy (non-hydrogen) atoms. The van der Waals surface area contributed by atoms with Gasteiger partial charge in [0.05, 0.1) is 17.9 Å². The second kappa shape index (κ2) is 5.48. The average molecular weight is 292 g/mol. The van der Waals surface area contributed by atoms with Crippen molar-refractivity contribution in [1.82, 2.24) is 4.98 Å². The average Bonchev–Trinajstić information content (AvgIpc) is 2.38. The molecule has 0 amide bonds. The molecule has 1 aromatic heterocycles. The molecule has 0 fully saturated rings. The van der Waals surface area contributed by atoms with Gasteiger partial charge in [-0.1, -0.05) is 6.07 Å². The van der Waals surface area contributed by atoms with Crippen LogP contribution in [-0.4, -0.2) is 20.4 Å². The van der Waals surface area contributed by atoms with Crippen LogP contribution in [0.5, 0.6) is 0 Å². The minimum absolute atomic E-state index is 0.0625. The predicted molar refractivity (Wildman–Crippen MR) is 78.6 cm³/mol. The zero-order valence-electron chi connectivity index (χ0n) is 11.0. The molecule has 0 saturated heterocycles. The van der Waals surface area contributed by atoms with Gasteiger partial charge in [0.15, 0.2) is 0 Å². The summed E-state index contributed by atoms with van der Waals surface area (Å²) in [6.07, 6.45) is 1.72. The van der Waals surface area contributed by atoms with E-state index in [1.165, 1.54) is 6.07 Å². The molecule has 0 atom stereocenters. The number of hydrogen-bond donors (Lipinski definition) is 2. The van der Waals surface area contributed by atoms with E-state index >= 15 is 0 Å². The van der Waals surface area contributed by atoms with Crippen LogP contribution in [0.15, 0.2) is 47.5 Å². The molecule has 4 N–H and O–H groups in total. The fraction of sp³-hybridized carbons (Fsp3) is 0.154. The third-order valence-electron chi connectivity index (χ3n) is 2.87. The molecule has 0 unspecified atom stereocenters. The van der Waals surface area contributed by atoms with Gasteiger partial charge in [0.1, 0.15) is 4.90 Å². The van der Waals surface area contributed by atoms with Crippen LogP contribution in [0.3, 0.4) is 0 Å². The van der Waals surface area contributed by atoms with Crippen molar-refractivity contribution in [1.29, 1.82) is 0 Å². The maximum absolute atomic E-state index is 11.3. The molecule has 7 heteroatoms. The van der Waals surface area contributed by atoms with Crippen LogP contribution in [0.2, 0.25) is 0 Å². The molecule has 6 nitrogen and oxygen atoms in total. The summed E-state index contributed by atoms with van der Waals surface area (Å²) in [4.78, 5) is 6.09. The molecule has 106 valence electrons. The molecule has 0 spiro atoms. The number of benzene rings is 1. The van der Waals surface area contributed by atoms with Crippen molar-refractivity contribution in [3.63, 3.8) is 0 Å². The summed E-state index contributed by atoms with van der Waals surface area (Å²) in [7, 11) is -1.92. The smallest absolute Gasteiger partial charge is 0.240 e. The van der Waals surface area contributed by atoms with Crippen molar-refractivity contribution in [2.45, 2.75) is 11.4 Å². The number of nitrogen functional groups attached to an aromatic ring is 1. The Balaban J connectivity index is 2.24. The highest BCUT2D eigenvalue weighted by Crippen LogP contribution is 2.24. The number of nitrogens with two attached hydrogens (primary N) is 2. The fourth-order valence-electron chi connectivity index (χ4n) is 1.86. The normalized spacial score (nSPS) is 11.3. The Morgan fingerprint density at radius 3 is 2.55 bits per heavy atom. The summed E-state index contributed by atoms with van der Waals surface area (Å²) in [5.41, 5.74) is 7.57. The molecule has 2 rings (SSSR count). The highest BCUT2D eigenvalue weighted by Gasteiger charge is 2.13. The molecule has 0 aliphatic rings. The summed E-state index contributed by atoms with van der Waals surface area (Å²) in [5, 5.41) is 5.08. The maximum Gasteiger partial charge on any atom is 0.240 e. The predicted octanol–water partition coefficient (Wildman–Crippen LogP) is 0.948. The highest BCUT2D eigenvalue weighted by atomic mass is 32.2. The molecular formula is C13H16N4O2S. The quantitative estimate of drug-likeness (QED) is 0.817. The number of anilines is 2. The van der Waals surface area contributed by atoms with Gasteiger partial charge < -0.3 is 10.6 Å². The first-order valence-corrected chi connectivity index (χ1v) is 7.46. The van der Waals surface area contributed by atoms with E-state index in [-0.39, 0.29) is 10.6 Å². The highest BCUT2D eigenvalue weighted by molar-refractivity contribution is 7.89. The third kappa shape index (κ3) is 3.25.